The quantitative estimate of drug-likeness (QED) is 0.0201. The number of nitrogens with two attached hydrogens (primary N) is 1. The second-order valence-corrected chi connectivity index (χ2v) is 21.6. The number of esters is 5. The Kier molecular flexibility index (Phi) is 28.6. The second kappa shape index (κ2) is 34.7. The number of carbonyl (C=O) groups is 7. The van der Waals surface area contributed by atoms with E-state index in [1.165, 1.54) is 0 Å². The molecule has 1 aromatic carbocycles. The minimum atomic E-state index is -2.98. The summed E-state index contributed by atoms with van der Waals surface area (Å²) >= 11 is 0. The molecule has 2 amide bonds. The molecule has 0 spiro atoms. The zero-order valence-electron chi connectivity index (χ0n) is 50.6. The summed E-state index contributed by atoms with van der Waals surface area (Å²) in [6, 6.07) is 5.47. The molecule has 1 aliphatic carbocycles. The standard InChI is InChI=1S/C57H87N5O24/c1-11-14-22-73-46-30(4)78-55(52(75-24-16-13-3)51(46)74-23-15-12-2)84-47-38(61-62-59)25-36(53(58)70)26-39(47)82-54-45(69)50(44(68)41(83-54)28-77-37-20-18-17-19-21-37)86-57(56(71)72-10)27-40(79-33(7)65)43(60-31(5)63)49(85-57)48(81-35(9)67)42(80-34(8)66)29-76-32(6)64/h17-21,30,36,38-52,54-55,68-69H,11-16,22-29H2,1-10H3,(H2,58,70)(H,60,63)/t30?,36?,38?,39?,40?,41?,42-,43?,44?,45?,46?,47?,48-,49?,50?,51?,52?,54?,55?,57?/m1/s1. The number of hydrogen-bond acceptors (Lipinski definition) is 25. The van der Waals surface area contributed by atoms with E-state index in [0.29, 0.717) is 31.8 Å². The van der Waals surface area contributed by atoms with Crippen LogP contribution in [0.25, 0.3) is 10.4 Å². The summed E-state index contributed by atoms with van der Waals surface area (Å²) in [5.74, 6) is -10.6. The molecular weight excluding hydrogens is 1140 g/mol. The van der Waals surface area contributed by atoms with E-state index in [1.807, 2.05) is 20.8 Å². The average molecular weight is 1230 g/mol. The highest BCUT2D eigenvalue weighted by Crippen LogP contribution is 2.42. The van der Waals surface area contributed by atoms with Crippen molar-refractivity contribution >= 4 is 41.7 Å². The fourth-order valence-electron chi connectivity index (χ4n) is 10.7. The van der Waals surface area contributed by atoms with Gasteiger partial charge in [0, 0.05) is 65.3 Å². The molecule has 0 aromatic heterocycles. The third-order valence-corrected chi connectivity index (χ3v) is 14.8. The highest BCUT2D eigenvalue weighted by Gasteiger charge is 2.63. The Morgan fingerprint density at radius 3 is 1.95 bits per heavy atom. The first kappa shape index (κ1) is 70.9. The van der Waals surface area contributed by atoms with Gasteiger partial charge in [0.1, 0.15) is 73.9 Å². The molecule has 1 aromatic rings. The highest BCUT2D eigenvalue weighted by atomic mass is 16.8. The van der Waals surface area contributed by atoms with Gasteiger partial charge >= 0.3 is 29.8 Å². The first-order valence-electron chi connectivity index (χ1n) is 29.2. The zero-order chi connectivity index (χ0) is 63.3. The van der Waals surface area contributed by atoms with Crippen molar-refractivity contribution in [1.29, 1.82) is 0 Å². The molecule has 4 fully saturated rings. The molecule has 0 radical (unpaired) electrons. The number of unbranched alkanes of at least 4 members (excludes halogenated alkanes) is 3. The van der Waals surface area contributed by atoms with Crippen LogP contribution in [0.15, 0.2) is 35.4 Å². The van der Waals surface area contributed by atoms with Crippen molar-refractivity contribution in [1.82, 2.24) is 5.32 Å². The van der Waals surface area contributed by atoms with Crippen molar-refractivity contribution < 1.29 is 115 Å². The van der Waals surface area contributed by atoms with E-state index >= 15 is 0 Å². The van der Waals surface area contributed by atoms with Crippen LogP contribution in [0.4, 0.5) is 0 Å². The van der Waals surface area contributed by atoms with E-state index < -0.39 is 183 Å². The molecule has 4 aliphatic rings. The van der Waals surface area contributed by atoms with E-state index in [-0.39, 0.29) is 19.4 Å². The summed E-state index contributed by atoms with van der Waals surface area (Å²) in [6.07, 6.45) is -21.0. The van der Waals surface area contributed by atoms with Crippen molar-refractivity contribution in [2.45, 2.75) is 236 Å². The van der Waals surface area contributed by atoms with Crippen molar-refractivity contribution in [3.05, 3.63) is 40.8 Å². The fraction of sp³-hybridized carbons (Fsp3) is 0.772. The Balaban J connectivity index is 1.67. The van der Waals surface area contributed by atoms with Gasteiger partial charge in [-0.3, -0.25) is 28.8 Å². The Bertz CT molecular complexity index is 2410. The number of nitrogens with zero attached hydrogens (tertiary/aromatic N) is 3. The smallest absolute Gasteiger partial charge is 0.366 e. The molecule has 0 bridgehead atoms. The van der Waals surface area contributed by atoms with E-state index in [4.69, 9.17) is 76.8 Å². The van der Waals surface area contributed by atoms with Gasteiger partial charge in [-0.05, 0) is 56.7 Å². The number of primary amides is 1. The van der Waals surface area contributed by atoms with E-state index in [2.05, 4.69) is 15.3 Å². The molecular formula is C57H87N5O24. The number of hydrogen-bond donors (Lipinski definition) is 4. The summed E-state index contributed by atoms with van der Waals surface area (Å²) in [4.78, 5) is 94.9. The molecule has 5 N–H and O–H groups in total. The number of carbonyl (C=O) groups excluding carboxylic acids is 7. The lowest BCUT2D eigenvalue weighted by Crippen LogP contribution is -2.71. The van der Waals surface area contributed by atoms with Gasteiger partial charge in [-0.2, -0.15) is 0 Å². The van der Waals surface area contributed by atoms with Gasteiger partial charge in [-0.25, -0.2) is 4.79 Å². The van der Waals surface area contributed by atoms with Crippen molar-refractivity contribution in [3.63, 3.8) is 0 Å². The SMILES string of the molecule is CCCCOC1C(C)OC(OC2C(N=[N+]=[N-])CC(C(N)=O)CC2OC2OC(COc3ccccc3)C(O)C(OC3(C(=O)OC)CC(OC(C)=O)C(NC(C)=O)C([C@H](OC(C)=O)[C@@H](COC(C)=O)OC(C)=O)O3)C2O)C(OCCCC)C1OCCCC. The molecule has 20 atom stereocenters. The summed E-state index contributed by atoms with van der Waals surface area (Å²) in [7, 11) is 0.922. The van der Waals surface area contributed by atoms with Gasteiger partial charge < -0.3 is 92.3 Å². The molecule has 29 nitrogen and oxygen atoms in total. The van der Waals surface area contributed by atoms with Crippen LogP contribution in [-0.2, 0) is 99.9 Å². The normalized spacial score (nSPS) is 32.4. The summed E-state index contributed by atoms with van der Waals surface area (Å²) < 4.78 is 92.7. The monoisotopic (exact) mass is 1230 g/mol. The molecule has 5 rings (SSSR count). The predicted octanol–water partition coefficient (Wildman–Crippen LogP) is 3.06. The molecule has 86 heavy (non-hydrogen) atoms. The lowest BCUT2D eigenvalue weighted by molar-refractivity contribution is -0.379. The first-order chi connectivity index (χ1) is 41.0. The maximum absolute atomic E-state index is 14.7. The fourth-order valence-corrected chi connectivity index (χ4v) is 10.7. The van der Waals surface area contributed by atoms with Gasteiger partial charge in [-0.15, -0.1) is 0 Å². The van der Waals surface area contributed by atoms with E-state index in [0.717, 1.165) is 67.4 Å². The number of azide groups is 1. The van der Waals surface area contributed by atoms with E-state index in [9.17, 15) is 49.3 Å². The number of aliphatic hydroxyl groups is 2. The van der Waals surface area contributed by atoms with Gasteiger partial charge in [-0.1, -0.05) is 63.3 Å². The summed E-state index contributed by atoms with van der Waals surface area (Å²) in [5, 5.41) is 31.8. The maximum Gasteiger partial charge on any atom is 0.366 e. The topological polar surface area (TPSA) is 385 Å². The van der Waals surface area contributed by atoms with Crippen LogP contribution in [0.2, 0.25) is 0 Å². The molecule has 3 heterocycles. The predicted molar refractivity (Wildman–Crippen MR) is 295 cm³/mol. The molecule has 3 saturated heterocycles. The number of rotatable bonds is 32. The number of ether oxygens (including phenoxy) is 15. The third kappa shape index (κ3) is 19.8. The molecule has 3 aliphatic heterocycles. The third-order valence-electron chi connectivity index (χ3n) is 14.8. The number of amides is 2. The van der Waals surface area contributed by atoms with Crippen LogP contribution in [-0.4, -0.2) is 208 Å². The first-order valence-corrected chi connectivity index (χ1v) is 29.2. The van der Waals surface area contributed by atoms with Crippen molar-refractivity contribution in [2.24, 2.45) is 16.8 Å². The van der Waals surface area contributed by atoms with Gasteiger partial charge in [0.05, 0.1) is 43.9 Å². The number of benzene rings is 1. The Morgan fingerprint density at radius 2 is 1.40 bits per heavy atom. The minimum absolute atomic E-state index is 0.129. The Morgan fingerprint density at radius 1 is 0.767 bits per heavy atom. The molecule has 1 saturated carbocycles. The maximum atomic E-state index is 14.7. The minimum Gasteiger partial charge on any atom is -0.491 e. The molecule has 29 heteroatoms. The number of methoxy groups -OCH3 is 1. The van der Waals surface area contributed by atoms with Crippen LogP contribution in [0.5, 0.6) is 5.75 Å². The zero-order valence-corrected chi connectivity index (χ0v) is 50.6. The molecule has 18 unspecified atom stereocenters. The van der Waals surface area contributed by atoms with Crippen LogP contribution in [0.1, 0.15) is 120 Å². The van der Waals surface area contributed by atoms with Crippen molar-refractivity contribution in [2.75, 3.05) is 40.1 Å². The summed E-state index contributed by atoms with van der Waals surface area (Å²) in [6.45, 7) is 12.6. The number of nitrogens with one attached hydrogen (secondary N) is 1. The lowest BCUT2D eigenvalue weighted by atomic mass is 9.81. The van der Waals surface area contributed by atoms with Crippen LogP contribution < -0.4 is 15.8 Å². The Labute approximate surface area is 499 Å². The van der Waals surface area contributed by atoms with Gasteiger partial charge in [0.15, 0.2) is 24.8 Å². The Hall–Kier alpha value is -5.82. The average Bonchev–Trinajstić information content (AvgIpc) is 0.890. The van der Waals surface area contributed by atoms with Crippen LogP contribution in [0, 0.1) is 5.92 Å². The van der Waals surface area contributed by atoms with Gasteiger partial charge in [0.2, 0.25) is 11.8 Å². The largest absolute Gasteiger partial charge is 0.491 e. The number of para-hydroxylation sites is 1. The highest BCUT2D eigenvalue weighted by molar-refractivity contribution is 5.79. The lowest BCUT2D eigenvalue weighted by Gasteiger charge is -2.51. The second-order valence-electron chi connectivity index (χ2n) is 21.6. The number of aliphatic hydroxyl groups excluding tert-OH is 2. The van der Waals surface area contributed by atoms with Crippen molar-refractivity contribution in [3.8, 4) is 5.75 Å². The molecule has 484 valence electrons. The van der Waals surface area contributed by atoms with E-state index in [1.54, 1.807) is 37.3 Å². The summed E-state index contributed by atoms with van der Waals surface area (Å²) in [5.41, 5.74) is 16.0. The van der Waals surface area contributed by atoms with Gasteiger partial charge in [0.25, 0.3) is 5.79 Å². The van der Waals surface area contributed by atoms with Crippen LogP contribution >= 0.6 is 0 Å². The van der Waals surface area contributed by atoms with Crippen LogP contribution in [0.3, 0.4) is 0 Å².